The van der Waals surface area contributed by atoms with E-state index in [9.17, 15) is 0 Å². The van der Waals surface area contributed by atoms with Crippen LogP contribution in [0.4, 0.5) is 0 Å². The Balaban J connectivity index is 1.78. The summed E-state index contributed by atoms with van der Waals surface area (Å²) in [7, 11) is 0. The maximum Gasteiger partial charge on any atom is 0.0595 e. The average Bonchev–Trinajstić information content (AvgIpc) is 2.54. The molecule has 0 fully saturated rings. The van der Waals surface area contributed by atoms with E-state index in [1.54, 1.807) is 0 Å². The van der Waals surface area contributed by atoms with Gasteiger partial charge >= 0.3 is 0 Å². The lowest BCUT2D eigenvalue weighted by Gasteiger charge is -2.12. The lowest BCUT2D eigenvalue weighted by atomic mass is 9.94. The summed E-state index contributed by atoms with van der Waals surface area (Å²) in [5, 5.41) is 1.29. The van der Waals surface area contributed by atoms with Crippen molar-refractivity contribution in [3.63, 3.8) is 0 Å². The van der Waals surface area contributed by atoms with Crippen molar-refractivity contribution in [1.29, 1.82) is 0 Å². The minimum atomic E-state index is 0.606. The standard InChI is InChI=1S/C21H26Cl2/c1-15(2)19-11-8-17(9-12-19)6-4-16(3)5-7-18-10-13-20(22)21(23)14-18/h8-16H,4-7H2,1-3H3. The van der Waals surface area contributed by atoms with Crippen molar-refractivity contribution < 1.29 is 0 Å². The molecule has 0 saturated heterocycles. The largest absolute Gasteiger partial charge is 0.0827 e. The Morgan fingerprint density at radius 2 is 1.30 bits per heavy atom. The second-order valence-corrected chi connectivity index (χ2v) is 7.64. The summed E-state index contributed by atoms with van der Waals surface area (Å²) in [6.07, 6.45) is 4.62. The van der Waals surface area contributed by atoms with Gasteiger partial charge in [-0.05, 0) is 66.3 Å². The quantitative estimate of drug-likeness (QED) is 0.491. The lowest BCUT2D eigenvalue weighted by molar-refractivity contribution is 0.493. The van der Waals surface area contributed by atoms with Crippen LogP contribution in [-0.2, 0) is 12.8 Å². The van der Waals surface area contributed by atoms with Crippen LogP contribution in [0.25, 0.3) is 0 Å². The molecule has 124 valence electrons. The summed E-state index contributed by atoms with van der Waals surface area (Å²) in [6, 6.07) is 15.0. The molecule has 0 saturated carbocycles. The predicted molar refractivity (Wildman–Crippen MR) is 103 cm³/mol. The van der Waals surface area contributed by atoms with Crippen LogP contribution in [0.15, 0.2) is 42.5 Å². The van der Waals surface area contributed by atoms with Crippen LogP contribution in [0.5, 0.6) is 0 Å². The fourth-order valence-corrected chi connectivity index (χ4v) is 3.06. The third-order valence-electron chi connectivity index (χ3n) is 4.48. The van der Waals surface area contributed by atoms with Crippen LogP contribution in [0, 0.1) is 5.92 Å². The van der Waals surface area contributed by atoms with Crippen LogP contribution < -0.4 is 0 Å². The van der Waals surface area contributed by atoms with E-state index in [2.05, 4.69) is 51.1 Å². The molecule has 1 atom stereocenters. The van der Waals surface area contributed by atoms with Gasteiger partial charge in [0.15, 0.2) is 0 Å². The second-order valence-electron chi connectivity index (χ2n) is 6.83. The molecule has 23 heavy (non-hydrogen) atoms. The third kappa shape index (κ3) is 5.86. The first-order valence-corrected chi connectivity index (χ1v) is 9.24. The molecule has 0 spiro atoms. The molecule has 0 aliphatic rings. The van der Waals surface area contributed by atoms with E-state index in [0.29, 0.717) is 21.9 Å². The smallest absolute Gasteiger partial charge is 0.0595 e. The third-order valence-corrected chi connectivity index (χ3v) is 5.22. The first-order chi connectivity index (χ1) is 11.0. The summed E-state index contributed by atoms with van der Waals surface area (Å²) in [5.74, 6) is 1.31. The molecule has 0 N–H and O–H groups in total. The van der Waals surface area contributed by atoms with Crippen molar-refractivity contribution in [2.75, 3.05) is 0 Å². The zero-order valence-corrected chi connectivity index (χ0v) is 15.8. The molecule has 2 heteroatoms. The van der Waals surface area contributed by atoms with Crippen LogP contribution >= 0.6 is 23.2 Å². The van der Waals surface area contributed by atoms with Gasteiger partial charge in [0.05, 0.1) is 10.0 Å². The van der Waals surface area contributed by atoms with Crippen molar-refractivity contribution in [3.8, 4) is 0 Å². The Kier molecular flexibility index (Phi) is 6.99. The number of aryl methyl sites for hydroxylation is 2. The zero-order chi connectivity index (χ0) is 16.8. The van der Waals surface area contributed by atoms with Crippen molar-refractivity contribution in [2.45, 2.75) is 52.4 Å². The maximum absolute atomic E-state index is 6.07. The van der Waals surface area contributed by atoms with Gasteiger partial charge in [-0.15, -0.1) is 0 Å². The van der Waals surface area contributed by atoms with Gasteiger partial charge in [0.1, 0.15) is 0 Å². The van der Waals surface area contributed by atoms with Gasteiger partial charge < -0.3 is 0 Å². The van der Waals surface area contributed by atoms with E-state index in [-0.39, 0.29) is 0 Å². The highest BCUT2D eigenvalue weighted by atomic mass is 35.5. The van der Waals surface area contributed by atoms with Crippen LogP contribution in [0.2, 0.25) is 10.0 Å². The number of hydrogen-bond acceptors (Lipinski definition) is 0. The maximum atomic E-state index is 6.07. The van der Waals surface area contributed by atoms with Gasteiger partial charge in [-0.1, -0.05) is 74.3 Å². The molecule has 1 unspecified atom stereocenters. The average molecular weight is 349 g/mol. The lowest BCUT2D eigenvalue weighted by Crippen LogP contribution is -2.00. The molecular weight excluding hydrogens is 323 g/mol. The van der Waals surface area contributed by atoms with Crippen molar-refractivity contribution in [2.24, 2.45) is 5.92 Å². The van der Waals surface area contributed by atoms with E-state index >= 15 is 0 Å². The summed E-state index contributed by atoms with van der Waals surface area (Å²) >= 11 is 12.0. The van der Waals surface area contributed by atoms with E-state index < -0.39 is 0 Å². The number of benzene rings is 2. The monoisotopic (exact) mass is 348 g/mol. The molecule has 2 aromatic rings. The van der Waals surface area contributed by atoms with Gasteiger partial charge in [0.2, 0.25) is 0 Å². The predicted octanol–water partition coefficient (Wildman–Crippen LogP) is 7.32. The topological polar surface area (TPSA) is 0 Å². The minimum Gasteiger partial charge on any atom is -0.0827 e. The Morgan fingerprint density at radius 1 is 0.739 bits per heavy atom. The van der Waals surface area contributed by atoms with Crippen molar-refractivity contribution in [1.82, 2.24) is 0 Å². The molecule has 2 aromatic carbocycles. The Labute approximate surface area is 150 Å². The molecule has 2 rings (SSSR count). The molecule has 0 aromatic heterocycles. The molecule has 0 bridgehead atoms. The highest BCUT2D eigenvalue weighted by Gasteiger charge is 2.06. The van der Waals surface area contributed by atoms with Gasteiger partial charge in [0.25, 0.3) is 0 Å². The van der Waals surface area contributed by atoms with Gasteiger partial charge in [-0.25, -0.2) is 0 Å². The van der Waals surface area contributed by atoms with Gasteiger partial charge in [-0.3, -0.25) is 0 Å². The molecule has 0 amide bonds. The van der Waals surface area contributed by atoms with Gasteiger partial charge in [-0.2, -0.15) is 0 Å². The van der Waals surface area contributed by atoms with Crippen molar-refractivity contribution >= 4 is 23.2 Å². The van der Waals surface area contributed by atoms with Gasteiger partial charge in [0, 0.05) is 0 Å². The first kappa shape index (κ1) is 18.4. The minimum absolute atomic E-state index is 0.606. The van der Waals surface area contributed by atoms with E-state index in [4.69, 9.17) is 23.2 Å². The molecule has 0 aliphatic heterocycles. The fourth-order valence-electron chi connectivity index (χ4n) is 2.73. The van der Waals surface area contributed by atoms with E-state index in [0.717, 1.165) is 12.8 Å². The SMILES string of the molecule is CC(CCc1ccc(C(C)C)cc1)CCc1ccc(Cl)c(Cl)c1. The second kappa shape index (κ2) is 8.76. The van der Waals surface area contributed by atoms with E-state index in [1.807, 2.05) is 12.1 Å². The number of rotatable bonds is 7. The molecule has 0 nitrogen and oxygen atoms in total. The summed E-state index contributed by atoms with van der Waals surface area (Å²) in [4.78, 5) is 0. The molecule has 0 radical (unpaired) electrons. The van der Waals surface area contributed by atoms with Crippen LogP contribution in [0.3, 0.4) is 0 Å². The number of halogens is 2. The highest BCUT2D eigenvalue weighted by molar-refractivity contribution is 6.42. The number of hydrogen-bond donors (Lipinski definition) is 0. The van der Waals surface area contributed by atoms with E-state index in [1.165, 1.54) is 29.5 Å². The Hall–Kier alpha value is -0.980. The normalized spacial score (nSPS) is 12.6. The fraction of sp³-hybridized carbons (Fsp3) is 0.429. The summed E-state index contributed by atoms with van der Waals surface area (Å²) < 4.78 is 0. The zero-order valence-electron chi connectivity index (χ0n) is 14.3. The first-order valence-electron chi connectivity index (χ1n) is 8.48. The summed E-state index contributed by atoms with van der Waals surface area (Å²) in [6.45, 7) is 6.81. The van der Waals surface area contributed by atoms with Crippen molar-refractivity contribution in [3.05, 3.63) is 69.2 Å². The molecule has 0 heterocycles. The highest BCUT2D eigenvalue weighted by Crippen LogP contribution is 2.24. The molecular formula is C21H26Cl2. The molecule has 0 aliphatic carbocycles. The summed E-state index contributed by atoms with van der Waals surface area (Å²) in [5.41, 5.74) is 4.13. The van der Waals surface area contributed by atoms with Crippen LogP contribution in [0.1, 0.15) is 56.2 Å². The Bertz CT molecular complexity index is 614. The Morgan fingerprint density at radius 3 is 1.87 bits per heavy atom. The van der Waals surface area contributed by atoms with Crippen LogP contribution in [-0.4, -0.2) is 0 Å².